The van der Waals surface area contributed by atoms with Crippen LogP contribution in [0.1, 0.15) is 23.6 Å². The number of hydrogen-bond donors (Lipinski definition) is 0. The van der Waals surface area contributed by atoms with Crippen LogP contribution in [0.4, 0.5) is 5.69 Å². The van der Waals surface area contributed by atoms with Crippen LogP contribution in [-0.2, 0) is 16.0 Å². The second-order valence-electron chi connectivity index (χ2n) is 7.12. The lowest BCUT2D eigenvalue weighted by Gasteiger charge is -2.40. The van der Waals surface area contributed by atoms with E-state index in [2.05, 4.69) is 17.1 Å². The topological polar surface area (TPSA) is 53.5 Å². The molecule has 0 radical (unpaired) electrons. The quantitative estimate of drug-likeness (QED) is 0.651. The molecule has 5 nitrogen and oxygen atoms in total. The molecule has 1 aliphatic rings. The van der Waals surface area contributed by atoms with Gasteiger partial charge in [-0.3, -0.25) is 14.6 Å². The molecule has 29 heavy (non-hydrogen) atoms. The highest BCUT2D eigenvalue weighted by molar-refractivity contribution is 6.06. The van der Waals surface area contributed by atoms with Crippen LogP contribution in [0.2, 0.25) is 0 Å². The zero-order valence-corrected chi connectivity index (χ0v) is 16.1. The highest BCUT2D eigenvalue weighted by Gasteiger charge is 2.40. The molecule has 2 aromatic carbocycles. The van der Waals surface area contributed by atoms with Crippen molar-refractivity contribution in [3.8, 4) is 0 Å². The summed E-state index contributed by atoms with van der Waals surface area (Å²) in [7, 11) is 0. The summed E-state index contributed by atoms with van der Waals surface area (Å²) in [5, 5.41) is 0. The molecule has 146 valence electrons. The molecule has 0 saturated carbocycles. The van der Waals surface area contributed by atoms with Crippen LogP contribution < -0.4 is 4.90 Å². The third kappa shape index (κ3) is 4.19. The largest absolute Gasteiger partial charge is 0.325 e. The first-order chi connectivity index (χ1) is 14.2. The third-order valence-corrected chi connectivity index (χ3v) is 5.22. The average Bonchev–Trinajstić information content (AvgIpc) is 2.78. The van der Waals surface area contributed by atoms with E-state index in [1.807, 2.05) is 60.7 Å². The fraction of sp³-hybridized carbons (Fsp3) is 0.208. The second kappa shape index (κ2) is 8.69. The number of piperazine rings is 1. The summed E-state index contributed by atoms with van der Waals surface area (Å²) in [6, 6.07) is 22.6. The fourth-order valence-electron chi connectivity index (χ4n) is 3.78. The smallest absolute Gasteiger partial charge is 0.254 e. The number of nitrogens with zero attached hydrogens (tertiary/aromatic N) is 3. The number of para-hydroxylation sites is 1. The van der Waals surface area contributed by atoms with Crippen molar-refractivity contribution in [3.63, 3.8) is 0 Å². The van der Waals surface area contributed by atoms with Gasteiger partial charge in [-0.15, -0.1) is 0 Å². The van der Waals surface area contributed by atoms with E-state index in [0.29, 0.717) is 6.54 Å². The number of carbonyl (C=O) groups is 2. The Morgan fingerprint density at radius 2 is 1.52 bits per heavy atom. The maximum absolute atomic E-state index is 13.4. The number of carbonyl (C=O) groups excluding carboxylic acids is 2. The number of hydrogen-bond acceptors (Lipinski definition) is 3. The lowest BCUT2D eigenvalue weighted by Crippen LogP contribution is -2.56. The SMILES string of the molecule is O=C1[C@H](c2ccncc2)N(CCCc2ccccc2)C(=O)CN1c1ccccc1. The molecule has 4 rings (SSSR count). The molecule has 0 N–H and O–H groups in total. The van der Waals surface area contributed by atoms with Crippen molar-refractivity contribution in [2.45, 2.75) is 18.9 Å². The van der Waals surface area contributed by atoms with E-state index in [0.717, 1.165) is 24.1 Å². The highest BCUT2D eigenvalue weighted by Crippen LogP contribution is 2.30. The van der Waals surface area contributed by atoms with E-state index >= 15 is 0 Å². The fourth-order valence-corrected chi connectivity index (χ4v) is 3.78. The molecule has 0 bridgehead atoms. The van der Waals surface area contributed by atoms with Gasteiger partial charge in [-0.25, -0.2) is 0 Å². The predicted molar refractivity (Wildman–Crippen MR) is 112 cm³/mol. The van der Waals surface area contributed by atoms with Crippen LogP contribution in [0.3, 0.4) is 0 Å². The zero-order valence-electron chi connectivity index (χ0n) is 16.1. The van der Waals surface area contributed by atoms with E-state index in [-0.39, 0.29) is 18.4 Å². The Bertz CT molecular complexity index is 961. The van der Waals surface area contributed by atoms with Gasteiger partial charge in [0.15, 0.2) is 0 Å². The van der Waals surface area contributed by atoms with Gasteiger partial charge in [0.2, 0.25) is 5.91 Å². The summed E-state index contributed by atoms with van der Waals surface area (Å²) in [5.74, 6) is -0.120. The van der Waals surface area contributed by atoms with Crippen molar-refractivity contribution in [2.24, 2.45) is 0 Å². The van der Waals surface area contributed by atoms with Gasteiger partial charge in [0, 0.05) is 24.6 Å². The Morgan fingerprint density at radius 1 is 0.862 bits per heavy atom. The summed E-state index contributed by atoms with van der Waals surface area (Å²) in [4.78, 5) is 33.9. The van der Waals surface area contributed by atoms with Gasteiger partial charge in [0.1, 0.15) is 12.6 Å². The molecule has 0 unspecified atom stereocenters. The first-order valence-electron chi connectivity index (χ1n) is 9.84. The zero-order chi connectivity index (χ0) is 20.1. The Hall–Kier alpha value is -3.47. The molecular weight excluding hydrogens is 362 g/mol. The summed E-state index contributed by atoms with van der Waals surface area (Å²) in [5.41, 5.74) is 2.77. The summed E-state index contributed by atoms with van der Waals surface area (Å²) < 4.78 is 0. The van der Waals surface area contributed by atoms with Gasteiger partial charge in [0.05, 0.1) is 0 Å². The molecule has 1 saturated heterocycles. The molecule has 1 atom stereocenters. The number of pyridine rings is 1. The van der Waals surface area contributed by atoms with Gasteiger partial charge in [0.25, 0.3) is 5.91 Å². The van der Waals surface area contributed by atoms with Crippen molar-refractivity contribution in [2.75, 3.05) is 18.0 Å². The number of anilines is 1. The summed E-state index contributed by atoms with van der Waals surface area (Å²) in [6.07, 6.45) is 4.99. The lowest BCUT2D eigenvalue weighted by molar-refractivity contribution is -0.143. The third-order valence-electron chi connectivity index (χ3n) is 5.22. The molecule has 2 amide bonds. The van der Waals surface area contributed by atoms with E-state index < -0.39 is 6.04 Å². The van der Waals surface area contributed by atoms with E-state index in [9.17, 15) is 9.59 Å². The minimum absolute atomic E-state index is 0.0386. The number of aryl methyl sites for hydroxylation is 1. The Kier molecular flexibility index (Phi) is 5.66. The van der Waals surface area contributed by atoms with Gasteiger partial charge in [-0.1, -0.05) is 48.5 Å². The molecule has 0 aliphatic carbocycles. The molecule has 1 aromatic heterocycles. The molecule has 1 aliphatic heterocycles. The van der Waals surface area contributed by atoms with Crippen LogP contribution in [0.25, 0.3) is 0 Å². The van der Waals surface area contributed by atoms with Crippen LogP contribution in [0.15, 0.2) is 85.2 Å². The standard InChI is InChI=1S/C24H23N3O2/c28-22-18-27(21-11-5-2-6-12-21)24(29)23(20-13-15-25-16-14-20)26(22)17-7-10-19-8-3-1-4-9-19/h1-6,8-9,11-16,23H,7,10,17-18H2/t23-/m0/s1. The number of aromatic nitrogens is 1. The Labute approximate surface area is 170 Å². The van der Waals surface area contributed by atoms with E-state index in [1.54, 1.807) is 22.2 Å². The first kappa shape index (κ1) is 18.9. The second-order valence-corrected chi connectivity index (χ2v) is 7.12. The molecular formula is C24H23N3O2. The maximum atomic E-state index is 13.4. The van der Waals surface area contributed by atoms with E-state index in [1.165, 1.54) is 5.56 Å². The maximum Gasteiger partial charge on any atom is 0.254 e. The summed E-state index contributed by atoms with van der Waals surface area (Å²) >= 11 is 0. The van der Waals surface area contributed by atoms with Crippen molar-refractivity contribution in [1.29, 1.82) is 0 Å². The normalized spacial score (nSPS) is 16.9. The predicted octanol–water partition coefficient (Wildman–Crippen LogP) is 3.63. The molecule has 0 spiro atoms. The van der Waals surface area contributed by atoms with Crippen LogP contribution >= 0.6 is 0 Å². The van der Waals surface area contributed by atoms with Crippen molar-refractivity contribution in [1.82, 2.24) is 9.88 Å². The van der Waals surface area contributed by atoms with Gasteiger partial charge in [-0.05, 0) is 48.2 Å². The summed E-state index contributed by atoms with van der Waals surface area (Å²) in [6.45, 7) is 0.602. The minimum atomic E-state index is -0.629. The van der Waals surface area contributed by atoms with Gasteiger partial charge in [-0.2, -0.15) is 0 Å². The molecule has 2 heterocycles. The van der Waals surface area contributed by atoms with Crippen LogP contribution in [0.5, 0.6) is 0 Å². The van der Waals surface area contributed by atoms with Crippen molar-refractivity contribution in [3.05, 3.63) is 96.3 Å². The van der Waals surface area contributed by atoms with Gasteiger partial charge < -0.3 is 9.80 Å². The number of amides is 2. The van der Waals surface area contributed by atoms with Crippen molar-refractivity contribution < 1.29 is 9.59 Å². The lowest BCUT2D eigenvalue weighted by atomic mass is 10.0. The Balaban J connectivity index is 1.58. The average molecular weight is 385 g/mol. The highest BCUT2D eigenvalue weighted by atomic mass is 16.2. The molecule has 5 heteroatoms. The van der Waals surface area contributed by atoms with Crippen LogP contribution in [0, 0.1) is 0 Å². The van der Waals surface area contributed by atoms with Crippen molar-refractivity contribution >= 4 is 17.5 Å². The molecule has 3 aromatic rings. The number of benzene rings is 2. The first-order valence-corrected chi connectivity index (χ1v) is 9.84. The number of rotatable bonds is 6. The van der Waals surface area contributed by atoms with E-state index in [4.69, 9.17) is 0 Å². The molecule has 1 fully saturated rings. The monoisotopic (exact) mass is 385 g/mol. The minimum Gasteiger partial charge on any atom is -0.325 e. The van der Waals surface area contributed by atoms with Crippen LogP contribution in [-0.4, -0.2) is 34.8 Å². The van der Waals surface area contributed by atoms with Gasteiger partial charge >= 0.3 is 0 Å². The Morgan fingerprint density at radius 3 is 2.21 bits per heavy atom.